The maximum atomic E-state index is 12.9. The highest BCUT2D eigenvalue weighted by atomic mass is 19.1. The third kappa shape index (κ3) is 4.49. The molecule has 0 aromatic heterocycles. The number of hydrogen-bond donors (Lipinski definition) is 1. The van der Waals surface area contributed by atoms with Gasteiger partial charge in [-0.25, -0.2) is 4.39 Å². The van der Waals surface area contributed by atoms with Crippen LogP contribution < -0.4 is 10.2 Å². The molecule has 2 aromatic carbocycles. The number of hydrogen-bond acceptors (Lipinski definition) is 3. The quantitative estimate of drug-likeness (QED) is 0.858. The number of ketones is 1. The van der Waals surface area contributed by atoms with Gasteiger partial charge in [-0.05, 0) is 55.5 Å². The lowest BCUT2D eigenvalue weighted by atomic mass is 10.1. The molecule has 0 saturated carbocycles. The number of carbonyl (C=O) groups excluding carboxylic acids is 3. The van der Waals surface area contributed by atoms with Crippen LogP contribution in [0.2, 0.25) is 0 Å². The maximum Gasteiger partial charge on any atom is 0.244 e. The van der Waals surface area contributed by atoms with Gasteiger partial charge in [-0.3, -0.25) is 14.4 Å². The second-order valence-electron chi connectivity index (χ2n) is 5.26. The van der Waals surface area contributed by atoms with Gasteiger partial charge in [0.05, 0.1) is 0 Å². The van der Waals surface area contributed by atoms with Crippen molar-refractivity contribution in [3.8, 4) is 0 Å². The van der Waals surface area contributed by atoms with Gasteiger partial charge < -0.3 is 10.2 Å². The Kier molecular flexibility index (Phi) is 5.42. The molecule has 6 heteroatoms. The van der Waals surface area contributed by atoms with Crippen molar-refractivity contribution >= 4 is 29.0 Å². The van der Waals surface area contributed by atoms with E-state index in [1.165, 1.54) is 43.0 Å². The van der Waals surface area contributed by atoms with Crippen LogP contribution in [-0.4, -0.2) is 24.1 Å². The van der Waals surface area contributed by atoms with Crippen molar-refractivity contribution in [2.24, 2.45) is 0 Å². The van der Waals surface area contributed by atoms with Crippen molar-refractivity contribution in [1.82, 2.24) is 0 Å². The molecule has 24 heavy (non-hydrogen) atoms. The zero-order valence-corrected chi connectivity index (χ0v) is 13.4. The van der Waals surface area contributed by atoms with E-state index >= 15 is 0 Å². The van der Waals surface area contributed by atoms with Gasteiger partial charge in [0.1, 0.15) is 12.4 Å². The summed E-state index contributed by atoms with van der Waals surface area (Å²) in [5, 5.41) is 2.60. The molecule has 0 saturated heterocycles. The summed E-state index contributed by atoms with van der Waals surface area (Å²) in [6, 6.07) is 11.8. The largest absolute Gasteiger partial charge is 0.325 e. The molecular weight excluding hydrogens is 311 g/mol. The first kappa shape index (κ1) is 17.3. The first-order chi connectivity index (χ1) is 11.4. The van der Waals surface area contributed by atoms with Gasteiger partial charge in [0, 0.05) is 23.9 Å². The van der Waals surface area contributed by atoms with Gasteiger partial charge >= 0.3 is 0 Å². The number of halogens is 1. The highest BCUT2D eigenvalue weighted by Gasteiger charge is 2.16. The van der Waals surface area contributed by atoms with Gasteiger partial charge in [0.2, 0.25) is 11.8 Å². The Labute approximate surface area is 139 Å². The van der Waals surface area contributed by atoms with E-state index in [1.807, 2.05) is 0 Å². The predicted octanol–water partition coefficient (Wildman–Crippen LogP) is 3.02. The van der Waals surface area contributed by atoms with Crippen molar-refractivity contribution in [2.45, 2.75) is 13.8 Å². The van der Waals surface area contributed by atoms with Crippen LogP contribution in [0.1, 0.15) is 24.2 Å². The van der Waals surface area contributed by atoms with Crippen LogP contribution in [0, 0.1) is 5.82 Å². The molecule has 0 heterocycles. The molecule has 5 nitrogen and oxygen atoms in total. The number of Topliss-reactive ketones (excluding diaryl/α,β-unsaturated/α-hetero) is 1. The van der Waals surface area contributed by atoms with E-state index in [0.717, 1.165) is 0 Å². The first-order valence-corrected chi connectivity index (χ1v) is 7.31. The molecule has 124 valence electrons. The summed E-state index contributed by atoms with van der Waals surface area (Å²) in [5.74, 6) is -1.19. The summed E-state index contributed by atoms with van der Waals surface area (Å²) < 4.78 is 12.9. The van der Waals surface area contributed by atoms with Crippen LogP contribution in [-0.2, 0) is 9.59 Å². The Balaban J connectivity index is 2.10. The Bertz CT molecular complexity index is 755. The lowest BCUT2D eigenvalue weighted by Crippen LogP contribution is -2.36. The minimum Gasteiger partial charge on any atom is -0.325 e. The molecule has 0 aliphatic heterocycles. The summed E-state index contributed by atoms with van der Waals surface area (Å²) in [7, 11) is 0. The molecule has 0 unspecified atom stereocenters. The standard InChI is InChI=1S/C18H17FN2O3/c1-12(22)14-3-9-17(10-4-14)21(13(2)23)11-18(24)20-16-7-5-15(19)6-8-16/h3-10H,11H2,1-2H3,(H,20,24). The summed E-state index contributed by atoms with van der Waals surface area (Å²) in [4.78, 5) is 36.5. The van der Waals surface area contributed by atoms with Crippen molar-refractivity contribution in [2.75, 3.05) is 16.8 Å². The minimum atomic E-state index is -0.410. The van der Waals surface area contributed by atoms with E-state index in [1.54, 1.807) is 24.3 Å². The van der Waals surface area contributed by atoms with Crippen LogP contribution in [0.5, 0.6) is 0 Å². The fourth-order valence-electron chi connectivity index (χ4n) is 2.14. The summed E-state index contributed by atoms with van der Waals surface area (Å²) in [6.45, 7) is 2.62. The van der Waals surface area contributed by atoms with Crippen LogP contribution in [0.4, 0.5) is 15.8 Å². The number of benzene rings is 2. The highest BCUT2D eigenvalue weighted by Crippen LogP contribution is 2.16. The molecule has 0 aliphatic carbocycles. The molecule has 0 atom stereocenters. The van der Waals surface area contributed by atoms with Crippen molar-refractivity contribution in [3.63, 3.8) is 0 Å². The fourth-order valence-corrected chi connectivity index (χ4v) is 2.14. The summed E-state index contributed by atoms with van der Waals surface area (Å²) in [5.41, 5.74) is 1.48. The number of anilines is 2. The van der Waals surface area contributed by atoms with E-state index in [-0.39, 0.29) is 18.2 Å². The second kappa shape index (κ2) is 7.50. The molecule has 1 N–H and O–H groups in total. The molecule has 0 radical (unpaired) electrons. The van der Waals surface area contributed by atoms with Crippen LogP contribution in [0.25, 0.3) is 0 Å². The lowest BCUT2D eigenvalue weighted by Gasteiger charge is -2.21. The molecule has 0 bridgehead atoms. The van der Waals surface area contributed by atoms with Crippen molar-refractivity contribution in [3.05, 3.63) is 59.9 Å². The number of rotatable bonds is 5. The summed E-state index contributed by atoms with van der Waals surface area (Å²) in [6.07, 6.45) is 0. The number of carbonyl (C=O) groups is 3. The molecule has 2 rings (SSSR count). The lowest BCUT2D eigenvalue weighted by molar-refractivity contribution is -0.120. The van der Waals surface area contributed by atoms with E-state index in [2.05, 4.69) is 5.32 Å². The first-order valence-electron chi connectivity index (χ1n) is 7.31. The SMILES string of the molecule is CC(=O)c1ccc(N(CC(=O)Nc2ccc(F)cc2)C(C)=O)cc1. The third-order valence-electron chi connectivity index (χ3n) is 3.40. The number of amides is 2. The van der Waals surface area contributed by atoms with Gasteiger partial charge in [-0.2, -0.15) is 0 Å². The number of nitrogens with one attached hydrogen (secondary N) is 1. The Morgan fingerprint density at radius 1 is 0.958 bits per heavy atom. The van der Waals surface area contributed by atoms with Gasteiger partial charge in [0.15, 0.2) is 5.78 Å². The van der Waals surface area contributed by atoms with Crippen molar-refractivity contribution in [1.29, 1.82) is 0 Å². The third-order valence-corrected chi connectivity index (χ3v) is 3.40. The number of nitrogens with zero attached hydrogens (tertiary/aromatic N) is 1. The highest BCUT2D eigenvalue weighted by molar-refractivity contribution is 6.02. The average Bonchev–Trinajstić information content (AvgIpc) is 2.54. The molecule has 2 aromatic rings. The molecule has 2 amide bonds. The monoisotopic (exact) mass is 328 g/mol. The van der Waals surface area contributed by atoms with E-state index < -0.39 is 11.7 Å². The second-order valence-corrected chi connectivity index (χ2v) is 5.26. The van der Waals surface area contributed by atoms with Crippen LogP contribution >= 0.6 is 0 Å². The van der Waals surface area contributed by atoms with Crippen LogP contribution in [0.15, 0.2) is 48.5 Å². The van der Waals surface area contributed by atoms with E-state index in [4.69, 9.17) is 0 Å². The zero-order valence-electron chi connectivity index (χ0n) is 13.4. The van der Waals surface area contributed by atoms with Gasteiger partial charge in [0.25, 0.3) is 0 Å². The molecule has 0 aliphatic rings. The average molecular weight is 328 g/mol. The molecule has 0 fully saturated rings. The van der Waals surface area contributed by atoms with Gasteiger partial charge in [-0.1, -0.05) is 0 Å². The van der Waals surface area contributed by atoms with E-state index in [0.29, 0.717) is 16.9 Å². The Morgan fingerprint density at radius 3 is 2.04 bits per heavy atom. The van der Waals surface area contributed by atoms with Crippen molar-refractivity contribution < 1.29 is 18.8 Å². The van der Waals surface area contributed by atoms with E-state index in [9.17, 15) is 18.8 Å². The normalized spacial score (nSPS) is 10.1. The fraction of sp³-hybridized carbons (Fsp3) is 0.167. The Morgan fingerprint density at radius 2 is 1.54 bits per heavy atom. The molecule has 0 spiro atoms. The topological polar surface area (TPSA) is 66.5 Å². The zero-order chi connectivity index (χ0) is 17.7. The Hall–Kier alpha value is -3.02. The predicted molar refractivity (Wildman–Crippen MR) is 89.5 cm³/mol. The summed E-state index contributed by atoms with van der Waals surface area (Å²) >= 11 is 0. The minimum absolute atomic E-state index is 0.0787. The van der Waals surface area contributed by atoms with Crippen LogP contribution in [0.3, 0.4) is 0 Å². The van der Waals surface area contributed by atoms with Gasteiger partial charge in [-0.15, -0.1) is 0 Å². The smallest absolute Gasteiger partial charge is 0.244 e. The molecular formula is C18H17FN2O3. The maximum absolute atomic E-state index is 12.9.